The van der Waals surface area contributed by atoms with Gasteiger partial charge < -0.3 is 9.57 Å². The maximum atomic E-state index is 11.6. The van der Waals surface area contributed by atoms with Gasteiger partial charge in [0.1, 0.15) is 12.8 Å². The van der Waals surface area contributed by atoms with E-state index in [2.05, 4.69) is 24.7 Å². The minimum absolute atomic E-state index is 0.0135. The number of aliphatic imine (C=N–C) groups is 1. The lowest BCUT2D eigenvalue weighted by atomic mass is 10.2. The number of aromatic nitrogens is 1. The van der Waals surface area contributed by atoms with E-state index in [0.29, 0.717) is 15.8 Å². The van der Waals surface area contributed by atoms with Gasteiger partial charge in [0, 0.05) is 22.2 Å². The zero-order valence-corrected chi connectivity index (χ0v) is 13.4. The summed E-state index contributed by atoms with van der Waals surface area (Å²) in [5.41, 5.74) is 1.10. The molecule has 1 aromatic carbocycles. The minimum Gasteiger partial charge on any atom is -0.464 e. The van der Waals surface area contributed by atoms with E-state index in [1.54, 1.807) is 17.7 Å². The third-order valence-electron chi connectivity index (χ3n) is 2.52. The third kappa shape index (κ3) is 3.90. The predicted molar refractivity (Wildman–Crippen MR) is 86.4 cm³/mol. The van der Waals surface area contributed by atoms with Gasteiger partial charge in [-0.2, -0.15) is 0 Å². The molecule has 0 unspecified atom stereocenters. The molecule has 0 fully saturated rings. The minimum atomic E-state index is -0.631. The Morgan fingerprint density at radius 3 is 2.82 bits per heavy atom. The van der Waals surface area contributed by atoms with Crippen LogP contribution in [0.1, 0.15) is 11.3 Å². The van der Waals surface area contributed by atoms with Crippen molar-refractivity contribution in [3.8, 4) is 0 Å². The second-order valence-electron chi connectivity index (χ2n) is 3.91. The summed E-state index contributed by atoms with van der Waals surface area (Å²) in [5.74, 6) is -0.631. The zero-order valence-electron chi connectivity index (χ0n) is 11.8. The van der Waals surface area contributed by atoms with Gasteiger partial charge in [-0.15, -0.1) is 11.3 Å². The number of carbonyl (C=O) groups is 1. The molecule has 2 rings (SSSR count). The van der Waals surface area contributed by atoms with Gasteiger partial charge in [-0.25, -0.2) is 14.8 Å². The molecule has 0 amide bonds. The second kappa shape index (κ2) is 7.67. The summed E-state index contributed by atoms with van der Waals surface area (Å²) in [5, 5.41) is 6.33. The number of thiazole rings is 1. The molecule has 0 aliphatic carbocycles. The number of ether oxygens (including phenoxy) is 1. The average Bonchev–Trinajstić information content (AvgIpc) is 2.99. The molecule has 1 heterocycles. The zero-order chi connectivity index (χ0) is 15.9. The Balaban J connectivity index is 2.23. The number of nitrogens with zero attached hydrogens (tertiary/aromatic N) is 3. The summed E-state index contributed by atoms with van der Waals surface area (Å²) >= 11 is 7.30. The fourth-order valence-electron chi connectivity index (χ4n) is 1.51. The van der Waals surface area contributed by atoms with Crippen molar-refractivity contribution < 1.29 is 14.4 Å². The maximum absolute atomic E-state index is 11.6. The molecule has 0 radical (unpaired) electrons. The van der Waals surface area contributed by atoms with Crippen LogP contribution < -0.4 is 0 Å². The number of hydrogen-bond donors (Lipinski definition) is 0. The highest BCUT2D eigenvalue weighted by Gasteiger charge is 2.19. The van der Waals surface area contributed by atoms with E-state index in [4.69, 9.17) is 11.6 Å². The van der Waals surface area contributed by atoms with Gasteiger partial charge in [0.15, 0.2) is 0 Å². The average molecular weight is 338 g/mol. The number of methoxy groups -OCH3 is 1. The van der Waals surface area contributed by atoms with Crippen molar-refractivity contribution in [2.75, 3.05) is 14.2 Å². The first kappa shape index (κ1) is 16.1. The molecule has 2 aromatic rings. The van der Waals surface area contributed by atoms with E-state index in [-0.39, 0.29) is 5.71 Å². The molecular weight excluding hydrogens is 326 g/mol. The Labute approximate surface area is 136 Å². The van der Waals surface area contributed by atoms with Gasteiger partial charge in [-0.1, -0.05) is 35.0 Å². The molecule has 6 nitrogen and oxygen atoms in total. The largest absolute Gasteiger partial charge is 0.464 e. The smallest absolute Gasteiger partial charge is 0.362 e. The molecule has 0 bridgehead atoms. The molecule has 0 aliphatic rings. The van der Waals surface area contributed by atoms with Crippen molar-refractivity contribution in [3.63, 3.8) is 0 Å². The predicted octanol–water partition coefficient (Wildman–Crippen LogP) is 3.07. The first-order chi connectivity index (χ1) is 10.7. The highest BCUT2D eigenvalue weighted by molar-refractivity contribution is 7.13. The molecule has 0 saturated heterocycles. The molecule has 22 heavy (non-hydrogen) atoms. The number of carbonyl (C=O) groups excluding carboxylic acids is 1. The monoisotopic (exact) mass is 337 g/mol. The van der Waals surface area contributed by atoms with Gasteiger partial charge in [0.05, 0.1) is 7.11 Å². The van der Waals surface area contributed by atoms with E-state index in [0.717, 1.165) is 5.56 Å². The van der Waals surface area contributed by atoms with Crippen LogP contribution in [0.25, 0.3) is 0 Å². The highest BCUT2D eigenvalue weighted by atomic mass is 35.5. The van der Waals surface area contributed by atoms with Crippen LogP contribution in [0.15, 0.2) is 39.8 Å². The number of halogens is 1. The fourth-order valence-corrected chi connectivity index (χ4v) is 2.34. The number of benzene rings is 1. The summed E-state index contributed by atoms with van der Waals surface area (Å²) in [6.45, 7) is 0. The Bertz CT molecular complexity index is 728. The normalized spacial score (nSPS) is 11.7. The third-order valence-corrected chi connectivity index (χ3v) is 3.61. The molecule has 1 aromatic heterocycles. The van der Waals surface area contributed by atoms with Crippen molar-refractivity contribution in [1.29, 1.82) is 0 Å². The lowest BCUT2D eigenvalue weighted by Gasteiger charge is -1.99. The number of esters is 1. The van der Waals surface area contributed by atoms with Crippen molar-refractivity contribution in [2.24, 2.45) is 10.1 Å². The Hall–Kier alpha value is -2.25. The lowest BCUT2D eigenvalue weighted by Crippen LogP contribution is -2.17. The van der Waals surface area contributed by atoms with Crippen LogP contribution in [-0.2, 0) is 14.4 Å². The number of hydrogen-bond acceptors (Lipinski definition) is 7. The molecule has 0 saturated carbocycles. The SMILES string of the molecule is CO/N=C(\C(=O)OC)c1csc(/N=C/c2ccccc2Cl)n1. The van der Waals surface area contributed by atoms with Crippen LogP contribution in [0.3, 0.4) is 0 Å². The van der Waals surface area contributed by atoms with Crippen molar-refractivity contribution >= 4 is 46.0 Å². The van der Waals surface area contributed by atoms with Gasteiger partial charge in [0.2, 0.25) is 10.8 Å². The maximum Gasteiger partial charge on any atom is 0.362 e. The van der Waals surface area contributed by atoms with E-state index < -0.39 is 5.97 Å². The van der Waals surface area contributed by atoms with Crippen LogP contribution in [0.2, 0.25) is 5.02 Å². The summed E-state index contributed by atoms with van der Waals surface area (Å²) in [6.07, 6.45) is 1.61. The Morgan fingerprint density at radius 1 is 1.36 bits per heavy atom. The van der Waals surface area contributed by atoms with Gasteiger partial charge in [-0.3, -0.25) is 0 Å². The first-order valence-corrected chi connectivity index (χ1v) is 7.35. The van der Waals surface area contributed by atoms with Gasteiger partial charge in [-0.05, 0) is 6.07 Å². The van der Waals surface area contributed by atoms with Crippen LogP contribution in [0, 0.1) is 0 Å². The summed E-state index contributed by atoms with van der Waals surface area (Å²) in [7, 11) is 2.60. The summed E-state index contributed by atoms with van der Waals surface area (Å²) in [6, 6.07) is 7.32. The topological polar surface area (TPSA) is 73.1 Å². The standard InChI is InChI=1S/C14H12ClN3O3S/c1-20-13(19)12(18-21-2)11-8-22-14(17-11)16-7-9-5-3-4-6-10(9)15/h3-8H,1-2H3/b16-7+,18-12-. The van der Waals surface area contributed by atoms with Crippen LogP contribution in [0.5, 0.6) is 0 Å². The quantitative estimate of drug-likeness (QED) is 0.477. The van der Waals surface area contributed by atoms with E-state index in [1.165, 1.54) is 25.6 Å². The summed E-state index contributed by atoms with van der Waals surface area (Å²) in [4.78, 5) is 24.7. The van der Waals surface area contributed by atoms with Crippen LogP contribution >= 0.6 is 22.9 Å². The van der Waals surface area contributed by atoms with E-state index in [9.17, 15) is 4.79 Å². The lowest BCUT2D eigenvalue weighted by molar-refractivity contribution is -0.132. The molecule has 114 valence electrons. The summed E-state index contributed by atoms with van der Waals surface area (Å²) < 4.78 is 4.63. The molecule has 0 aliphatic heterocycles. The van der Waals surface area contributed by atoms with Crippen molar-refractivity contribution in [3.05, 3.63) is 45.9 Å². The van der Waals surface area contributed by atoms with Crippen LogP contribution in [-0.4, -0.2) is 37.1 Å². The fraction of sp³-hybridized carbons (Fsp3) is 0.143. The van der Waals surface area contributed by atoms with Crippen molar-refractivity contribution in [1.82, 2.24) is 4.98 Å². The Kier molecular flexibility index (Phi) is 5.62. The van der Waals surface area contributed by atoms with Gasteiger partial charge >= 0.3 is 5.97 Å². The first-order valence-electron chi connectivity index (χ1n) is 6.09. The molecule has 0 atom stereocenters. The highest BCUT2D eigenvalue weighted by Crippen LogP contribution is 2.21. The van der Waals surface area contributed by atoms with Crippen LogP contribution in [0.4, 0.5) is 5.13 Å². The molecular formula is C14H12ClN3O3S. The molecule has 0 spiro atoms. The molecule has 8 heteroatoms. The van der Waals surface area contributed by atoms with E-state index >= 15 is 0 Å². The Morgan fingerprint density at radius 2 is 2.14 bits per heavy atom. The van der Waals surface area contributed by atoms with Gasteiger partial charge in [0.25, 0.3) is 0 Å². The molecule has 0 N–H and O–H groups in total. The van der Waals surface area contributed by atoms with Crippen molar-refractivity contribution in [2.45, 2.75) is 0 Å². The second-order valence-corrected chi connectivity index (χ2v) is 5.15. The van der Waals surface area contributed by atoms with E-state index in [1.807, 2.05) is 18.2 Å². The number of rotatable bonds is 5. The number of oxime groups is 1.